The maximum Gasteiger partial charge on any atom is 0.0412 e. The van der Waals surface area contributed by atoms with Crippen molar-refractivity contribution in [3.63, 3.8) is 0 Å². The zero-order valence-corrected chi connectivity index (χ0v) is 9.70. The Labute approximate surface area is 91.4 Å². The lowest BCUT2D eigenvalue weighted by atomic mass is 10.1. The van der Waals surface area contributed by atoms with E-state index >= 15 is 0 Å². The van der Waals surface area contributed by atoms with Crippen LogP contribution in [0.5, 0.6) is 0 Å². The van der Waals surface area contributed by atoms with E-state index in [-0.39, 0.29) is 0 Å². The van der Waals surface area contributed by atoms with Crippen LogP contribution in [0, 0.1) is 0 Å². The van der Waals surface area contributed by atoms with Crippen molar-refractivity contribution in [1.29, 1.82) is 0 Å². The van der Waals surface area contributed by atoms with E-state index in [9.17, 15) is 0 Å². The van der Waals surface area contributed by atoms with Crippen molar-refractivity contribution in [3.8, 4) is 0 Å². The van der Waals surface area contributed by atoms with Crippen LogP contribution in [0.25, 0.3) is 0 Å². The van der Waals surface area contributed by atoms with Gasteiger partial charge in [-0.3, -0.25) is 0 Å². The van der Waals surface area contributed by atoms with Gasteiger partial charge < -0.3 is 5.32 Å². The van der Waals surface area contributed by atoms with Gasteiger partial charge in [0.1, 0.15) is 0 Å². The van der Waals surface area contributed by atoms with E-state index in [0.29, 0.717) is 6.04 Å². The van der Waals surface area contributed by atoms with Crippen molar-refractivity contribution in [2.75, 3.05) is 18.1 Å². The molecule has 13 heavy (non-hydrogen) atoms. The van der Waals surface area contributed by atoms with Gasteiger partial charge in [-0.25, -0.2) is 0 Å². The van der Waals surface area contributed by atoms with E-state index in [0.717, 1.165) is 11.0 Å². The third-order valence-corrected chi connectivity index (χ3v) is 3.78. The lowest BCUT2D eigenvalue weighted by molar-refractivity contribution is 0.595. The van der Waals surface area contributed by atoms with Crippen LogP contribution in [0.4, 0.5) is 0 Å². The Morgan fingerprint density at radius 3 is 2.69 bits per heavy atom. The Kier molecular flexibility index (Phi) is 3.30. The summed E-state index contributed by atoms with van der Waals surface area (Å²) in [5.74, 6) is 2.44. The lowest BCUT2D eigenvalue weighted by Crippen LogP contribution is -2.30. The lowest BCUT2D eigenvalue weighted by Gasteiger charge is -2.23. The van der Waals surface area contributed by atoms with Gasteiger partial charge >= 0.3 is 0 Å². The largest absolute Gasteiger partial charge is 0.308 e. The molecule has 1 heterocycles. The molecule has 1 N–H and O–H groups in total. The first kappa shape index (κ1) is 9.56. The zero-order chi connectivity index (χ0) is 9.10. The molecule has 1 aromatic rings. The van der Waals surface area contributed by atoms with E-state index in [2.05, 4.69) is 45.5 Å². The smallest absolute Gasteiger partial charge is 0.0412 e. The van der Waals surface area contributed by atoms with Crippen LogP contribution in [-0.4, -0.2) is 18.1 Å². The Bertz CT molecular complexity index is 267. The van der Waals surface area contributed by atoms with Crippen molar-refractivity contribution in [2.24, 2.45) is 0 Å². The average molecular weight is 258 g/mol. The van der Waals surface area contributed by atoms with E-state index < -0.39 is 0 Å². The fourth-order valence-electron chi connectivity index (χ4n) is 1.47. The number of hydrogen-bond acceptors (Lipinski definition) is 2. The van der Waals surface area contributed by atoms with Crippen molar-refractivity contribution >= 4 is 27.7 Å². The van der Waals surface area contributed by atoms with Gasteiger partial charge in [0.2, 0.25) is 0 Å². The normalized spacial score (nSPS) is 23.0. The van der Waals surface area contributed by atoms with E-state index in [4.69, 9.17) is 0 Å². The molecule has 1 aliphatic rings. The van der Waals surface area contributed by atoms with E-state index in [1.165, 1.54) is 17.1 Å². The Hall–Kier alpha value is 0.01000. The second-order valence-electron chi connectivity index (χ2n) is 3.13. The first-order valence-corrected chi connectivity index (χ1v) is 6.37. The summed E-state index contributed by atoms with van der Waals surface area (Å²) >= 11 is 5.47. The van der Waals surface area contributed by atoms with Gasteiger partial charge in [0, 0.05) is 28.6 Å². The Morgan fingerprint density at radius 2 is 2.08 bits per heavy atom. The highest BCUT2D eigenvalue weighted by Crippen LogP contribution is 2.22. The molecule has 0 spiro atoms. The average Bonchev–Trinajstić information content (AvgIpc) is 2.20. The second kappa shape index (κ2) is 4.49. The fraction of sp³-hybridized carbons (Fsp3) is 0.400. The van der Waals surface area contributed by atoms with Gasteiger partial charge in [0.05, 0.1) is 0 Å². The van der Waals surface area contributed by atoms with Crippen LogP contribution in [0.15, 0.2) is 28.7 Å². The molecule has 1 saturated heterocycles. The van der Waals surface area contributed by atoms with Crippen molar-refractivity contribution < 1.29 is 0 Å². The number of halogens is 1. The molecule has 1 nitrogen and oxygen atoms in total. The van der Waals surface area contributed by atoms with Crippen LogP contribution < -0.4 is 5.32 Å². The summed E-state index contributed by atoms with van der Waals surface area (Å²) in [6, 6.07) is 9.14. The minimum Gasteiger partial charge on any atom is -0.308 e. The standard InChI is InChI=1S/C10H12BrNS/c11-9-3-1-8(2-4-9)10-7-13-6-5-12-10/h1-4,10,12H,5-7H2/t10-/m0/s1. The molecule has 0 aromatic heterocycles. The third-order valence-electron chi connectivity index (χ3n) is 2.19. The van der Waals surface area contributed by atoms with Crippen LogP contribution in [-0.2, 0) is 0 Å². The van der Waals surface area contributed by atoms with Crippen LogP contribution in [0.3, 0.4) is 0 Å². The molecule has 0 saturated carbocycles. The molecular formula is C10H12BrNS. The molecule has 0 bridgehead atoms. The predicted molar refractivity (Wildman–Crippen MR) is 62.2 cm³/mol. The predicted octanol–water partition coefficient (Wildman–Crippen LogP) is 2.83. The molecule has 70 valence electrons. The SMILES string of the molecule is Brc1ccc([C@@H]2CSCCN2)cc1. The maximum absolute atomic E-state index is 3.52. The summed E-state index contributed by atoms with van der Waals surface area (Å²) in [5, 5.41) is 3.52. The summed E-state index contributed by atoms with van der Waals surface area (Å²) in [6.45, 7) is 1.13. The highest BCUT2D eigenvalue weighted by atomic mass is 79.9. The number of nitrogens with one attached hydrogen (secondary N) is 1. The minimum absolute atomic E-state index is 0.548. The first-order chi connectivity index (χ1) is 6.36. The van der Waals surface area contributed by atoms with Gasteiger partial charge in [-0.15, -0.1) is 0 Å². The highest BCUT2D eigenvalue weighted by molar-refractivity contribution is 9.10. The molecule has 1 fully saturated rings. The highest BCUT2D eigenvalue weighted by Gasteiger charge is 2.13. The third kappa shape index (κ3) is 2.48. The molecule has 0 unspecified atom stereocenters. The van der Waals surface area contributed by atoms with Gasteiger partial charge in [-0.1, -0.05) is 28.1 Å². The molecule has 2 rings (SSSR count). The van der Waals surface area contributed by atoms with Gasteiger partial charge in [0.25, 0.3) is 0 Å². The topological polar surface area (TPSA) is 12.0 Å². The Balaban J connectivity index is 2.10. The van der Waals surface area contributed by atoms with Gasteiger partial charge in [-0.05, 0) is 17.7 Å². The zero-order valence-electron chi connectivity index (χ0n) is 7.29. The summed E-state index contributed by atoms with van der Waals surface area (Å²) in [4.78, 5) is 0. The van der Waals surface area contributed by atoms with E-state index in [1.807, 2.05) is 11.8 Å². The number of rotatable bonds is 1. The molecule has 0 aliphatic carbocycles. The molecule has 1 aliphatic heterocycles. The molecule has 0 radical (unpaired) electrons. The summed E-state index contributed by atoms with van der Waals surface area (Å²) in [6.07, 6.45) is 0. The second-order valence-corrected chi connectivity index (χ2v) is 5.20. The van der Waals surface area contributed by atoms with Crippen molar-refractivity contribution in [2.45, 2.75) is 6.04 Å². The quantitative estimate of drug-likeness (QED) is 0.831. The summed E-state index contributed by atoms with van der Waals surface area (Å²) < 4.78 is 1.15. The van der Waals surface area contributed by atoms with Gasteiger partial charge in [-0.2, -0.15) is 11.8 Å². The maximum atomic E-state index is 3.52. The monoisotopic (exact) mass is 257 g/mol. The summed E-state index contributed by atoms with van der Waals surface area (Å²) in [5.41, 5.74) is 1.40. The van der Waals surface area contributed by atoms with Gasteiger partial charge in [0.15, 0.2) is 0 Å². The molecule has 1 atom stereocenters. The molecule has 3 heteroatoms. The number of thioether (sulfide) groups is 1. The number of hydrogen-bond donors (Lipinski definition) is 1. The van der Waals surface area contributed by atoms with Crippen LogP contribution >= 0.6 is 27.7 Å². The number of benzene rings is 1. The first-order valence-electron chi connectivity index (χ1n) is 4.43. The van der Waals surface area contributed by atoms with Crippen LogP contribution in [0.2, 0.25) is 0 Å². The molecule has 0 amide bonds. The summed E-state index contributed by atoms with van der Waals surface area (Å²) in [7, 11) is 0. The fourth-order valence-corrected chi connectivity index (χ4v) is 2.71. The van der Waals surface area contributed by atoms with Crippen molar-refractivity contribution in [3.05, 3.63) is 34.3 Å². The molecular weight excluding hydrogens is 246 g/mol. The molecule has 1 aromatic carbocycles. The van der Waals surface area contributed by atoms with Crippen LogP contribution in [0.1, 0.15) is 11.6 Å². The van der Waals surface area contributed by atoms with E-state index in [1.54, 1.807) is 0 Å². The Morgan fingerprint density at radius 1 is 1.31 bits per heavy atom. The van der Waals surface area contributed by atoms with Crippen molar-refractivity contribution in [1.82, 2.24) is 5.32 Å². The minimum atomic E-state index is 0.548.